The van der Waals surface area contributed by atoms with Crippen LogP contribution in [0.3, 0.4) is 0 Å². The van der Waals surface area contributed by atoms with Gasteiger partial charge in [0.25, 0.3) is 0 Å². The van der Waals surface area contributed by atoms with Crippen LogP contribution in [0.2, 0.25) is 0 Å². The van der Waals surface area contributed by atoms with Crippen LogP contribution in [-0.4, -0.2) is 42.3 Å². The topological polar surface area (TPSA) is 49.8 Å². The van der Waals surface area contributed by atoms with Crippen molar-refractivity contribution in [3.05, 3.63) is 34.3 Å². The molecular weight excluding hydrogens is 298 g/mol. The first kappa shape index (κ1) is 13.5. The zero-order valence-corrected chi connectivity index (χ0v) is 11.8. The minimum Gasteiger partial charge on any atom is -0.480 e. The Hall–Kier alpha value is -0.910. The fraction of sp³-hybridized carbons (Fsp3) is 0.462. The summed E-state index contributed by atoms with van der Waals surface area (Å²) in [6.07, 6.45) is 0. The van der Waals surface area contributed by atoms with Crippen molar-refractivity contribution < 1.29 is 14.6 Å². The van der Waals surface area contributed by atoms with Crippen LogP contribution in [0.25, 0.3) is 0 Å². The molecule has 1 atom stereocenters. The number of aliphatic carboxylic acids is 1. The van der Waals surface area contributed by atoms with E-state index in [-0.39, 0.29) is 0 Å². The Labute approximate surface area is 115 Å². The van der Waals surface area contributed by atoms with E-state index in [1.165, 1.54) is 0 Å². The van der Waals surface area contributed by atoms with Crippen molar-refractivity contribution in [2.24, 2.45) is 0 Å². The number of carbonyl (C=O) groups is 1. The van der Waals surface area contributed by atoms with Gasteiger partial charge in [0.2, 0.25) is 0 Å². The quantitative estimate of drug-likeness (QED) is 0.928. The average Bonchev–Trinajstić information content (AvgIpc) is 2.39. The Bertz CT molecular complexity index is 446. The lowest BCUT2D eigenvalue weighted by Gasteiger charge is -2.40. The molecule has 0 bridgehead atoms. The number of halogens is 1. The summed E-state index contributed by atoms with van der Waals surface area (Å²) in [4.78, 5) is 13.7. The molecule has 0 spiro atoms. The Morgan fingerprint density at radius 3 is 2.56 bits per heavy atom. The van der Waals surface area contributed by atoms with Gasteiger partial charge in [0.15, 0.2) is 0 Å². The SMILES string of the molecule is CC(C(=O)O)(c1ccccc1Br)N1CCOCC1. The molecule has 1 aliphatic rings. The largest absolute Gasteiger partial charge is 0.480 e. The number of hydrogen-bond donors (Lipinski definition) is 1. The molecule has 98 valence electrons. The van der Waals surface area contributed by atoms with Crippen molar-refractivity contribution in [3.63, 3.8) is 0 Å². The summed E-state index contributed by atoms with van der Waals surface area (Å²) in [6.45, 7) is 4.16. The first-order chi connectivity index (χ1) is 8.56. The van der Waals surface area contributed by atoms with E-state index in [1.54, 1.807) is 6.92 Å². The molecule has 1 fully saturated rings. The minimum absolute atomic E-state index is 0.577. The summed E-state index contributed by atoms with van der Waals surface area (Å²) in [7, 11) is 0. The molecule has 4 nitrogen and oxygen atoms in total. The van der Waals surface area contributed by atoms with Gasteiger partial charge in [0, 0.05) is 17.6 Å². The van der Waals surface area contributed by atoms with Crippen molar-refractivity contribution in [1.82, 2.24) is 4.90 Å². The maximum Gasteiger partial charge on any atom is 0.328 e. The summed E-state index contributed by atoms with van der Waals surface area (Å²) in [5.41, 5.74) is -0.247. The zero-order chi connectivity index (χ0) is 13.2. The second kappa shape index (κ2) is 5.38. The van der Waals surface area contributed by atoms with Crippen LogP contribution in [0.15, 0.2) is 28.7 Å². The van der Waals surface area contributed by atoms with Gasteiger partial charge in [-0.2, -0.15) is 0 Å². The van der Waals surface area contributed by atoms with Crippen LogP contribution in [0.1, 0.15) is 12.5 Å². The van der Waals surface area contributed by atoms with E-state index in [4.69, 9.17) is 4.74 Å². The lowest BCUT2D eigenvalue weighted by molar-refractivity contribution is -0.154. The molecule has 1 unspecified atom stereocenters. The zero-order valence-electron chi connectivity index (χ0n) is 10.2. The number of carboxylic acids is 1. The molecule has 1 N–H and O–H groups in total. The molecule has 18 heavy (non-hydrogen) atoms. The number of morpholine rings is 1. The van der Waals surface area contributed by atoms with Crippen LogP contribution in [-0.2, 0) is 15.1 Å². The molecule has 0 aliphatic carbocycles. The molecule has 0 amide bonds. The first-order valence-corrected chi connectivity index (χ1v) is 6.67. The molecule has 0 radical (unpaired) electrons. The second-order valence-corrected chi connectivity index (χ2v) is 5.31. The van der Waals surface area contributed by atoms with Gasteiger partial charge < -0.3 is 9.84 Å². The van der Waals surface area contributed by atoms with Crippen LogP contribution < -0.4 is 0 Å². The van der Waals surface area contributed by atoms with E-state index < -0.39 is 11.5 Å². The maximum absolute atomic E-state index is 11.8. The highest BCUT2D eigenvalue weighted by molar-refractivity contribution is 9.10. The second-order valence-electron chi connectivity index (χ2n) is 4.46. The van der Waals surface area contributed by atoms with Gasteiger partial charge in [-0.15, -0.1) is 0 Å². The summed E-state index contributed by atoms with van der Waals surface area (Å²) >= 11 is 3.45. The number of ether oxygens (including phenoxy) is 1. The summed E-state index contributed by atoms with van der Waals surface area (Å²) in [5, 5.41) is 9.66. The van der Waals surface area contributed by atoms with Crippen molar-refractivity contribution in [2.75, 3.05) is 26.3 Å². The Balaban J connectivity index is 2.43. The van der Waals surface area contributed by atoms with Crippen LogP contribution in [0.5, 0.6) is 0 Å². The van der Waals surface area contributed by atoms with Crippen LogP contribution >= 0.6 is 15.9 Å². The lowest BCUT2D eigenvalue weighted by atomic mass is 9.89. The van der Waals surface area contributed by atoms with Gasteiger partial charge in [-0.25, -0.2) is 4.79 Å². The predicted octanol–water partition coefficient (Wildman–Crippen LogP) is 2.08. The number of rotatable bonds is 3. The molecular formula is C13H16BrNO3. The molecule has 5 heteroatoms. The smallest absolute Gasteiger partial charge is 0.328 e. The number of benzene rings is 1. The molecule has 0 saturated carbocycles. The normalized spacial score (nSPS) is 20.3. The summed E-state index contributed by atoms with van der Waals surface area (Å²) in [5.74, 6) is -0.837. The molecule has 2 rings (SSSR count). The van der Waals surface area contributed by atoms with E-state index in [2.05, 4.69) is 15.9 Å². The van der Waals surface area contributed by atoms with Gasteiger partial charge >= 0.3 is 5.97 Å². The first-order valence-electron chi connectivity index (χ1n) is 5.88. The summed E-state index contributed by atoms with van der Waals surface area (Å²) in [6, 6.07) is 7.47. The predicted molar refractivity (Wildman–Crippen MR) is 71.5 cm³/mol. The van der Waals surface area contributed by atoms with Crippen molar-refractivity contribution in [2.45, 2.75) is 12.5 Å². The number of carboxylic acid groups (broad SMARTS) is 1. The monoisotopic (exact) mass is 313 g/mol. The van der Waals surface area contributed by atoms with Gasteiger partial charge in [-0.3, -0.25) is 4.90 Å². The fourth-order valence-corrected chi connectivity index (χ4v) is 2.96. The third kappa shape index (κ3) is 2.30. The Morgan fingerprint density at radius 1 is 1.39 bits per heavy atom. The number of nitrogens with zero attached hydrogens (tertiary/aromatic N) is 1. The molecule has 1 heterocycles. The standard InChI is InChI=1S/C13H16BrNO3/c1-13(12(16)17,15-6-8-18-9-7-15)10-4-2-3-5-11(10)14/h2-5H,6-9H2,1H3,(H,16,17). The third-order valence-electron chi connectivity index (χ3n) is 3.46. The van der Waals surface area contributed by atoms with Gasteiger partial charge in [0.1, 0.15) is 5.54 Å². The van der Waals surface area contributed by atoms with Gasteiger partial charge in [-0.1, -0.05) is 34.1 Å². The third-order valence-corrected chi connectivity index (χ3v) is 4.15. The molecule has 1 aromatic rings. The van der Waals surface area contributed by atoms with E-state index in [0.717, 1.165) is 10.0 Å². The molecule has 1 aromatic carbocycles. The number of hydrogen-bond acceptors (Lipinski definition) is 3. The maximum atomic E-state index is 11.8. The minimum atomic E-state index is -1.02. The van der Waals surface area contributed by atoms with Crippen LogP contribution in [0, 0.1) is 0 Å². The Kier molecular flexibility index (Phi) is 4.04. The highest BCUT2D eigenvalue weighted by Gasteiger charge is 2.43. The van der Waals surface area contributed by atoms with E-state index in [1.807, 2.05) is 29.2 Å². The summed E-state index contributed by atoms with van der Waals surface area (Å²) < 4.78 is 6.12. The van der Waals surface area contributed by atoms with Crippen molar-refractivity contribution in [1.29, 1.82) is 0 Å². The highest BCUT2D eigenvalue weighted by Crippen LogP contribution is 2.34. The van der Waals surface area contributed by atoms with Gasteiger partial charge in [0.05, 0.1) is 13.2 Å². The highest BCUT2D eigenvalue weighted by atomic mass is 79.9. The molecule has 0 aromatic heterocycles. The molecule has 1 saturated heterocycles. The fourth-order valence-electron chi connectivity index (χ4n) is 2.29. The lowest BCUT2D eigenvalue weighted by Crippen LogP contribution is -2.54. The molecule has 1 aliphatic heterocycles. The van der Waals surface area contributed by atoms with Crippen molar-refractivity contribution >= 4 is 21.9 Å². The van der Waals surface area contributed by atoms with Crippen LogP contribution in [0.4, 0.5) is 0 Å². The Morgan fingerprint density at radius 2 is 2.00 bits per heavy atom. The average molecular weight is 314 g/mol. The van der Waals surface area contributed by atoms with E-state index >= 15 is 0 Å². The van der Waals surface area contributed by atoms with Gasteiger partial charge in [-0.05, 0) is 18.6 Å². The van der Waals surface area contributed by atoms with Crippen molar-refractivity contribution in [3.8, 4) is 0 Å². The van der Waals surface area contributed by atoms with E-state index in [9.17, 15) is 9.90 Å². The van der Waals surface area contributed by atoms with E-state index in [0.29, 0.717) is 26.3 Å².